The maximum absolute atomic E-state index is 11.4. The van der Waals surface area contributed by atoms with Crippen LogP contribution in [0.15, 0.2) is 40.2 Å². The van der Waals surface area contributed by atoms with Gasteiger partial charge >= 0.3 is 5.97 Å². The molecule has 1 aliphatic rings. The van der Waals surface area contributed by atoms with Crippen molar-refractivity contribution >= 4 is 33.2 Å². The third kappa shape index (κ3) is 2.47. The van der Waals surface area contributed by atoms with Gasteiger partial charge in [-0.25, -0.2) is 0 Å². The first-order valence-electron chi connectivity index (χ1n) is 6.17. The second-order valence-corrected chi connectivity index (χ2v) is 7.52. The van der Waals surface area contributed by atoms with E-state index in [0.717, 1.165) is 28.6 Å². The summed E-state index contributed by atoms with van der Waals surface area (Å²) in [4.78, 5) is 12.6. The third-order valence-electron chi connectivity index (χ3n) is 3.65. The maximum atomic E-state index is 11.4. The predicted molar refractivity (Wildman–Crippen MR) is 79.8 cm³/mol. The van der Waals surface area contributed by atoms with Crippen molar-refractivity contribution in [2.75, 3.05) is 0 Å². The normalized spacial score (nSPS) is 16.3. The van der Waals surface area contributed by atoms with Crippen LogP contribution in [0.4, 0.5) is 0 Å². The van der Waals surface area contributed by atoms with Crippen molar-refractivity contribution in [1.82, 2.24) is 0 Å². The van der Waals surface area contributed by atoms with Crippen molar-refractivity contribution in [3.63, 3.8) is 0 Å². The molecule has 1 aromatic carbocycles. The fraction of sp³-hybridized carbons (Fsp3) is 0.267. The molecular formula is C15H13BrO2S. The summed E-state index contributed by atoms with van der Waals surface area (Å²) in [5, 5.41) is 9.34. The Morgan fingerprint density at radius 2 is 2.11 bits per heavy atom. The minimum absolute atomic E-state index is 0.605. The van der Waals surface area contributed by atoms with Gasteiger partial charge in [-0.2, -0.15) is 0 Å². The molecule has 98 valence electrons. The molecule has 0 saturated heterocycles. The summed E-state index contributed by atoms with van der Waals surface area (Å²) in [5.74, 6) is -0.691. The molecule has 0 atom stereocenters. The first-order valence-corrected chi connectivity index (χ1v) is 7.78. The smallest absolute Gasteiger partial charge is 0.314 e. The van der Waals surface area contributed by atoms with Crippen molar-refractivity contribution in [3.8, 4) is 0 Å². The Morgan fingerprint density at radius 3 is 2.68 bits per heavy atom. The monoisotopic (exact) mass is 336 g/mol. The molecule has 1 aliphatic carbocycles. The molecule has 19 heavy (non-hydrogen) atoms. The van der Waals surface area contributed by atoms with Gasteiger partial charge in [0.15, 0.2) is 0 Å². The number of hydrogen-bond donors (Lipinski definition) is 1. The van der Waals surface area contributed by atoms with Crippen molar-refractivity contribution in [2.24, 2.45) is 0 Å². The van der Waals surface area contributed by atoms with E-state index >= 15 is 0 Å². The van der Waals surface area contributed by atoms with Crippen molar-refractivity contribution in [2.45, 2.75) is 24.7 Å². The maximum Gasteiger partial charge on any atom is 0.314 e. The number of halogens is 1. The standard InChI is InChI=1S/C15H13BrO2S/c16-13-5-4-12(19-13)9-10-2-1-3-11(8-10)15(6-7-15)14(17)18/h1-5,8H,6-7,9H2,(H,17,18). The summed E-state index contributed by atoms with van der Waals surface area (Å²) in [6.45, 7) is 0. The van der Waals surface area contributed by atoms with E-state index in [9.17, 15) is 9.90 Å². The van der Waals surface area contributed by atoms with Crippen LogP contribution in [0, 0.1) is 0 Å². The van der Waals surface area contributed by atoms with Crippen LogP contribution in [0.5, 0.6) is 0 Å². The van der Waals surface area contributed by atoms with Crippen LogP contribution in [0.2, 0.25) is 0 Å². The second-order valence-electron chi connectivity index (χ2n) is 4.97. The number of thiophene rings is 1. The Labute approximate surface area is 124 Å². The minimum Gasteiger partial charge on any atom is -0.481 e. The van der Waals surface area contributed by atoms with Gasteiger partial charge in [0.25, 0.3) is 0 Å². The molecule has 2 aromatic rings. The van der Waals surface area contributed by atoms with Gasteiger partial charge in [0.2, 0.25) is 0 Å². The minimum atomic E-state index is -0.691. The van der Waals surface area contributed by atoms with Gasteiger partial charge in [-0.05, 0) is 52.0 Å². The third-order valence-corrected chi connectivity index (χ3v) is 5.27. The molecular weight excluding hydrogens is 324 g/mol. The highest BCUT2D eigenvalue weighted by Gasteiger charge is 2.51. The molecule has 0 bridgehead atoms. The van der Waals surface area contributed by atoms with Gasteiger partial charge in [0.05, 0.1) is 9.20 Å². The van der Waals surface area contributed by atoms with E-state index in [-0.39, 0.29) is 0 Å². The summed E-state index contributed by atoms with van der Waals surface area (Å²) in [5.41, 5.74) is 1.53. The average molecular weight is 337 g/mol. The summed E-state index contributed by atoms with van der Waals surface area (Å²) >= 11 is 5.18. The molecule has 0 spiro atoms. The first kappa shape index (κ1) is 12.9. The average Bonchev–Trinajstić information content (AvgIpc) is 3.10. The SMILES string of the molecule is O=C(O)C1(c2cccc(Cc3ccc(Br)s3)c2)CC1. The summed E-state index contributed by atoms with van der Waals surface area (Å²) in [6.07, 6.45) is 2.38. The quantitative estimate of drug-likeness (QED) is 0.907. The Bertz CT molecular complexity index is 629. The molecule has 0 radical (unpaired) electrons. The fourth-order valence-corrected chi connectivity index (χ4v) is 3.90. The zero-order valence-electron chi connectivity index (χ0n) is 10.2. The molecule has 4 heteroatoms. The Morgan fingerprint density at radius 1 is 1.32 bits per heavy atom. The molecule has 3 rings (SSSR count). The zero-order chi connectivity index (χ0) is 13.5. The Kier molecular flexibility index (Phi) is 3.23. The zero-order valence-corrected chi connectivity index (χ0v) is 12.6. The lowest BCUT2D eigenvalue weighted by molar-refractivity contribution is -0.140. The van der Waals surface area contributed by atoms with Gasteiger partial charge in [-0.15, -0.1) is 11.3 Å². The number of benzene rings is 1. The summed E-state index contributed by atoms with van der Waals surface area (Å²) in [6, 6.07) is 12.2. The van der Waals surface area contributed by atoms with Crippen LogP contribution in [0.3, 0.4) is 0 Å². The summed E-state index contributed by atoms with van der Waals surface area (Å²) < 4.78 is 1.13. The lowest BCUT2D eigenvalue weighted by Crippen LogP contribution is -2.19. The number of carboxylic acid groups (broad SMARTS) is 1. The first-order chi connectivity index (χ1) is 9.10. The number of hydrogen-bond acceptors (Lipinski definition) is 2. The molecule has 0 amide bonds. The molecule has 2 nitrogen and oxygen atoms in total. The van der Waals surface area contributed by atoms with Crippen LogP contribution in [-0.2, 0) is 16.6 Å². The topological polar surface area (TPSA) is 37.3 Å². The van der Waals surface area contributed by atoms with E-state index in [1.54, 1.807) is 11.3 Å². The van der Waals surface area contributed by atoms with Crippen LogP contribution >= 0.6 is 27.3 Å². The molecule has 0 unspecified atom stereocenters. The van der Waals surface area contributed by atoms with E-state index in [1.165, 1.54) is 10.4 Å². The number of aliphatic carboxylic acids is 1. The van der Waals surface area contributed by atoms with Gasteiger partial charge in [0, 0.05) is 11.3 Å². The van der Waals surface area contributed by atoms with Crippen molar-refractivity contribution < 1.29 is 9.90 Å². The van der Waals surface area contributed by atoms with Crippen LogP contribution in [-0.4, -0.2) is 11.1 Å². The van der Waals surface area contributed by atoms with Gasteiger partial charge in [0.1, 0.15) is 0 Å². The highest BCUT2D eigenvalue weighted by Crippen LogP contribution is 2.48. The van der Waals surface area contributed by atoms with Gasteiger partial charge in [-0.3, -0.25) is 4.79 Å². The second kappa shape index (κ2) is 4.76. The highest BCUT2D eigenvalue weighted by atomic mass is 79.9. The van der Waals surface area contributed by atoms with Crippen LogP contribution < -0.4 is 0 Å². The Balaban J connectivity index is 1.86. The number of rotatable bonds is 4. The molecule has 1 N–H and O–H groups in total. The molecule has 1 fully saturated rings. The van der Waals surface area contributed by atoms with Crippen LogP contribution in [0.1, 0.15) is 28.8 Å². The largest absolute Gasteiger partial charge is 0.481 e. The number of carboxylic acids is 1. The van der Waals surface area contributed by atoms with E-state index in [2.05, 4.69) is 34.1 Å². The summed E-state index contributed by atoms with van der Waals surface area (Å²) in [7, 11) is 0. The van der Waals surface area contributed by atoms with E-state index in [1.807, 2.05) is 18.2 Å². The Hall–Kier alpha value is -1.13. The van der Waals surface area contributed by atoms with Crippen LogP contribution in [0.25, 0.3) is 0 Å². The fourth-order valence-electron chi connectivity index (χ4n) is 2.38. The van der Waals surface area contributed by atoms with Gasteiger partial charge in [-0.1, -0.05) is 24.3 Å². The van der Waals surface area contributed by atoms with Crippen molar-refractivity contribution in [3.05, 3.63) is 56.2 Å². The van der Waals surface area contributed by atoms with E-state index in [4.69, 9.17) is 0 Å². The molecule has 1 saturated carbocycles. The molecule has 0 aliphatic heterocycles. The molecule has 1 aromatic heterocycles. The van der Waals surface area contributed by atoms with E-state index in [0.29, 0.717) is 0 Å². The lowest BCUT2D eigenvalue weighted by Gasteiger charge is -2.11. The molecule has 1 heterocycles. The highest BCUT2D eigenvalue weighted by molar-refractivity contribution is 9.11. The van der Waals surface area contributed by atoms with Gasteiger partial charge < -0.3 is 5.11 Å². The van der Waals surface area contributed by atoms with Crippen molar-refractivity contribution in [1.29, 1.82) is 0 Å². The lowest BCUT2D eigenvalue weighted by atomic mass is 9.94. The van der Waals surface area contributed by atoms with E-state index < -0.39 is 11.4 Å². The predicted octanol–water partition coefficient (Wildman–Crippen LogP) is 4.22. The number of carbonyl (C=O) groups is 1.